The molecule has 3 rings (SSSR count). The second kappa shape index (κ2) is 7.23. The van der Waals surface area contributed by atoms with Crippen LogP contribution in [0.1, 0.15) is 12.0 Å². The molecule has 23 heavy (non-hydrogen) atoms. The summed E-state index contributed by atoms with van der Waals surface area (Å²) in [6.07, 6.45) is 2.57. The second-order valence-electron chi connectivity index (χ2n) is 5.57. The van der Waals surface area contributed by atoms with Crippen molar-refractivity contribution in [3.05, 3.63) is 47.9 Å². The van der Waals surface area contributed by atoms with Gasteiger partial charge in [0, 0.05) is 25.1 Å². The first-order chi connectivity index (χ1) is 11.2. The summed E-state index contributed by atoms with van der Waals surface area (Å²) in [6.45, 7) is 2.42. The van der Waals surface area contributed by atoms with Crippen molar-refractivity contribution in [2.75, 3.05) is 25.1 Å². The summed E-state index contributed by atoms with van der Waals surface area (Å²) in [6, 6.07) is 7.74. The molecule has 0 bridgehead atoms. The van der Waals surface area contributed by atoms with Crippen LogP contribution in [0.15, 0.2) is 36.5 Å². The van der Waals surface area contributed by atoms with Gasteiger partial charge in [-0.15, -0.1) is 0 Å². The number of rotatable bonds is 5. The summed E-state index contributed by atoms with van der Waals surface area (Å²) in [7, 11) is 0. The minimum absolute atomic E-state index is 0.280. The molecule has 2 N–H and O–H groups in total. The highest BCUT2D eigenvalue weighted by Crippen LogP contribution is 2.12. The van der Waals surface area contributed by atoms with Crippen LogP contribution in [0.25, 0.3) is 0 Å². The highest BCUT2D eigenvalue weighted by atomic mass is 19.1. The van der Waals surface area contributed by atoms with Gasteiger partial charge in [0.25, 0.3) is 0 Å². The molecule has 0 radical (unpaired) electrons. The lowest BCUT2D eigenvalue weighted by molar-refractivity contribution is 0.185. The number of halogens is 1. The smallest absolute Gasteiger partial charge is 0.320 e. The number of anilines is 1. The monoisotopic (exact) mass is 318 g/mol. The van der Waals surface area contributed by atoms with Gasteiger partial charge in [-0.2, -0.15) is 5.10 Å². The molecular formula is C16H19FN4O2. The topological polar surface area (TPSA) is 68.2 Å². The van der Waals surface area contributed by atoms with Crippen molar-refractivity contribution >= 4 is 11.8 Å². The summed E-state index contributed by atoms with van der Waals surface area (Å²) in [5.74, 6) is 0.646. The van der Waals surface area contributed by atoms with E-state index in [1.807, 2.05) is 6.07 Å². The molecule has 0 spiro atoms. The molecule has 0 saturated carbocycles. The van der Waals surface area contributed by atoms with E-state index in [1.54, 1.807) is 23.0 Å². The summed E-state index contributed by atoms with van der Waals surface area (Å²) in [5.41, 5.74) is 0.778. The fourth-order valence-electron chi connectivity index (χ4n) is 2.51. The lowest BCUT2D eigenvalue weighted by atomic mass is 10.1. The number of amides is 2. The Morgan fingerprint density at radius 3 is 3.13 bits per heavy atom. The van der Waals surface area contributed by atoms with Gasteiger partial charge in [0.05, 0.1) is 19.3 Å². The van der Waals surface area contributed by atoms with E-state index in [0.717, 1.165) is 18.6 Å². The highest BCUT2D eigenvalue weighted by molar-refractivity contribution is 5.88. The van der Waals surface area contributed by atoms with Crippen LogP contribution in [0.2, 0.25) is 0 Å². The van der Waals surface area contributed by atoms with E-state index in [1.165, 1.54) is 12.1 Å². The predicted octanol–water partition coefficient (Wildman–Crippen LogP) is 2.23. The number of urea groups is 1. The zero-order chi connectivity index (χ0) is 16.1. The van der Waals surface area contributed by atoms with Gasteiger partial charge < -0.3 is 10.1 Å². The fourth-order valence-corrected chi connectivity index (χ4v) is 2.51. The van der Waals surface area contributed by atoms with Gasteiger partial charge >= 0.3 is 6.03 Å². The molecule has 2 amide bonds. The maximum absolute atomic E-state index is 13.2. The largest absolute Gasteiger partial charge is 0.381 e. The summed E-state index contributed by atoms with van der Waals surface area (Å²) < 4.78 is 20.1. The molecule has 1 atom stereocenters. The highest BCUT2D eigenvalue weighted by Gasteiger charge is 2.16. The molecule has 7 heteroatoms. The second-order valence-corrected chi connectivity index (χ2v) is 5.57. The van der Waals surface area contributed by atoms with Crippen molar-refractivity contribution in [2.24, 2.45) is 5.92 Å². The van der Waals surface area contributed by atoms with Gasteiger partial charge in [0.2, 0.25) is 0 Å². The molecular weight excluding hydrogens is 299 g/mol. The van der Waals surface area contributed by atoms with Crippen LogP contribution in [0, 0.1) is 11.7 Å². The van der Waals surface area contributed by atoms with Crippen LogP contribution >= 0.6 is 0 Å². The average Bonchev–Trinajstić information content (AvgIpc) is 3.18. The zero-order valence-electron chi connectivity index (χ0n) is 12.7. The van der Waals surface area contributed by atoms with Crippen LogP contribution in [0.4, 0.5) is 15.0 Å². The molecule has 1 unspecified atom stereocenters. The normalized spacial score (nSPS) is 17.2. The molecule has 122 valence electrons. The van der Waals surface area contributed by atoms with Crippen molar-refractivity contribution in [3.8, 4) is 0 Å². The molecule has 1 aliphatic heterocycles. The van der Waals surface area contributed by atoms with Gasteiger partial charge in [0.1, 0.15) is 11.6 Å². The van der Waals surface area contributed by atoms with E-state index < -0.39 is 0 Å². The van der Waals surface area contributed by atoms with Crippen molar-refractivity contribution in [3.63, 3.8) is 0 Å². The summed E-state index contributed by atoms with van der Waals surface area (Å²) in [5, 5.41) is 9.76. The van der Waals surface area contributed by atoms with Gasteiger partial charge in [0.15, 0.2) is 0 Å². The lowest BCUT2D eigenvalue weighted by Crippen LogP contribution is -2.34. The van der Waals surface area contributed by atoms with E-state index in [9.17, 15) is 9.18 Å². The van der Waals surface area contributed by atoms with Gasteiger partial charge in [-0.25, -0.2) is 13.9 Å². The average molecular weight is 318 g/mol. The molecule has 0 aliphatic carbocycles. The predicted molar refractivity (Wildman–Crippen MR) is 83.7 cm³/mol. The number of aromatic nitrogens is 2. The Morgan fingerprint density at radius 2 is 2.35 bits per heavy atom. The Kier molecular flexibility index (Phi) is 4.87. The van der Waals surface area contributed by atoms with Crippen LogP contribution in [0.5, 0.6) is 0 Å². The summed E-state index contributed by atoms with van der Waals surface area (Å²) >= 11 is 0. The SMILES string of the molecule is O=C(NCC1CCOC1)Nc1ccnn1Cc1cccc(F)c1. The van der Waals surface area contributed by atoms with Crippen molar-refractivity contribution in [1.82, 2.24) is 15.1 Å². The first kappa shape index (κ1) is 15.5. The number of nitrogens with one attached hydrogen (secondary N) is 2. The van der Waals surface area contributed by atoms with Gasteiger partial charge in [-0.3, -0.25) is 5.32 Å². The molecule has 2 heterocycles. The third-order valence-electron chi connectivity index (χ3n) is 3.75. The maximum atomic E-state index is 13.2. The maximum Gasteiger partial charge on any atom is 0.320 e. The molecule has 1 saturated heterocycles. The number of ether oxygens (including phenoxy) is 1. The van der Waals surface area contributed by atoms with Gasteiger partial charge in [-0.1, -0.05) is 12.1 Å². The molecule has 1 aliphatic rings. The Morgan fingerprint density at radius 1 is 1.43 bits per heavy atom. The molecule has 1 aromatic carbocycles. The first-order valence-electron chi connectivity index (χ1n) is 7.59. The number of hydrogen-bond acceptors (Lipinski definition) is 3. The lowest BCUT2D eigenvalue weighted by Gasteiger charge is -2.12. The first-order valence-corrected chi connectivity index (χ1v) is 7.59. The van der Waals surface area contributed by atoms with Crippen molar-refractivity contribution < 1.29 is 13.9 Å². The number of benzene rings is 1. The molecule has 6 nitrogen and oxygen atoms in total. The Balaban J connectivity index is 1.56. The molecule has 1 fully saturated rings. The Hall–Kier alpha value is -2.41. The number of hydrogen-bond donors (Lipinski definition) is 2. The standard InChI is InChI=1S/C16H19FN4O2/c17-14-3-1-2-12(8-14)10-21-15(4-6-19-21)20-16(22)18-9-13-5-7-23-11-13/h1-4,6,8,13H,5,7,9-11H2,(H2,18,20,22). The quantitative estimate of drug-likeness (QED) is 0.888. The van der Waals surface area contributed by atoms with Crippen LogP contribution in [-0.4, -0.2) is 35.6 Å². The fraction of sp³-hybridized carbons (Fsp3) is 0.375. The Bertz CT molecular complexity index is 668. The van der Waals surface area contributed by atoms with E-state index in [-0.39, 0.29) is 11.8 Å². The Labute approximate surface area is 133 Å². The van der Waals surface area contributed by atoms with Crippen molar-refractivity contribution in [1.29, 1.82) is 0 Å². The number of carbonyl (C=O) groups is 1. The third-order valence-corrected chi connectivity index (χ3v) is 3.75. The number of carbonyl (C=O) groups excluding carboxylic acids is 1. The molecule has 1 aromatic heterocycles. The summed E-state index contributed by atoms with van der Waals surface area (Å²) in [4.78, 5) is 12.0. The minimum Gasteiger partial charge on any atom is -0.381 e. The molecule has 2 aromatic rings. The van der Waals surface area contributed by atoms with Crippen LogP contribution in [0.3, 0.4) is 0 Å². The number of nitrogens with zero attached hydrogens (tertiary/aromatic N) is 2. The van der Waals surface area contributed by atoms with E-state index in [4.69, 9.17) is 4.74 Å². The van der Waals surface area contributed by atoms with Gasteiger partial charge in [-0.05, 0) is 24.1 Å². The van der Waals surface area contributed by atoms with Crippen LogP contribution in [-0.2, 0) is 11.3 Å². The zero-order valence-corrected chi connectivity index (χ0v) is 12.7. The van der Waals surface area contributed by atoms with Crippen LogP contribution < -0.4 is 10.6 Å². The minimum atomic E-state index is -0.291. The van der Waals surface area contributed by atoms with Crippen molar-refractivity contribution in [2.45, 2.75) is 13.0 Å². The van der Waals surface area contributed by atoms with E-state index in [2.05, 4.69) is 15.7 Å². The third kappa shape index (κ3) is 4.29. The van der Waals surface area contributed by atoms with E-state index >= 15 is 0 Å². The van der Waals surface area contributed by atoms with E-state index in [0.29, 0.717) is 31.4 Å².